The zero-order valence-electron chi connectivity index (χ0n) is 6.59. The fourth-order valence-corrected chi connectivity index (χ4v) is 0.816. The first-order valence-electron chi connectivity index (χ1n) is 3.53. The molecule has 1 saturated heterocycles. The summed E-state index contributed by atoms with van der Waals surface area (Å²) in [5.74, 6) is 0. The van der Waals surface area contributed by atoms with E-state index >= 15 is 0 Å². The Morgan fingerprint density at radius 2 is 2.40 bits per heavy atom. The third-order valence-corrected chi connectivity index (χ3v) is 1.68. The van der Waals surface area contributed by atoms with Crippen molar-refractivity contribution in [3.8, 4) is 0 Å². The summed E-state index contributed by atoms with van der Waals surface area (Å²) in [5.41, 5.74) is -0.131. The average Bonchev–Trinajstić information content (AvgIpc) is 2.64. The van der Waals surface area contributed by atoms with Crippen LogP contribution in [0, 0.1) is 0 Å². The standard InChI is InChI=1S/C8H14O2/c1-4-5-10-8(2,3)7-6-9-7/h4,7H,1,5-6H2,2-3H3. The van der Waals surface area contributed by atoms with E-state index in [2.05, 4.69) is 6.58 Å². The minimum absolute atomic E-state index is 0.131. The van der Waals surface area contributed by atoms with Gasteiger partial charge >= 0.3 is 0 Å². The summed E-state index contributed by atoms with van der Waals surface area (Å²) in [4.78, 5) is 0. The van der Waals surface area contributed by atoms with Gasteiger partial charge in [-0.15, -0.1) is 6.58 Å². The second-order valence-corrected chi connectivity index (χ2v) is 3.03. The Balaban J connectivity index is 2.27. The van der Waals surface area contributed by atoms with E-state index in [1.54, 1.807) is 6.08 Å². The normalized spacial score (nSPS) is 24.4. The molecule has 0 amide bonds. The molecule has 1 atom stereocenters. The van der Waals surface area contributed by atoms with Gasteiger partial charge in [0.2, 0.25) is 0 Å². The quantitative estimate of drug-likeness (QED) is 0.437. The van der Waals surface area contributed by atoms with Gasteiger partial charge in [-0.3, -0.25) is 0 Å². The van der Waals surface area contributed by atoms with E-state index in [9.17, 15) is 0 Å². The lowest BCUT2D eigenvalue weighted by Crippen LogP contribution is -2.31. The zero-order chi connectivity index (χ0) is 7.61. The van der Waals surface area contributed by atoms with Crippen LogP contribution in [0.4, 0.5) is 0 Å². The molecule has 0 aromatic rings. The van der Waals surface area contributed by atoms with Crippen LogP contribution in [0.25, 0.3) is 0 Å². The first-order chi connectivity index (χ1) is 4.67. The van der Waals surface area contributed by atoms with Gasteiger partial charge in [0.05, 0.1) is 18.8 Å². The Hall–Kier alpha value is -0.340. The van der Waals surface area contributed by atoms with Crippen molar-refractivity contribution in [1.29, 1.82) is 0 Å². The van der Waals surface area contributed by atoms with E-state index in [0.717, 1.165) is 6.61 Å². The molecule has 58 valence electrons. The first-order valence-corrected chi connectivity index (χ1v) is 3.53. The summed E-state index contributed by atoms with van der Waals surface area (Å²) in [6, 6.07) is 0. The molecule has 0 bridgehead atoms. The summed E-state index contributed by atoms with van der Waals surface area (Å²) in [5, 5.41) is 0. The molecule has 1 aliphatic heterocycles. The van der Waals surface area contributed by atoms with Crippen molar-refractivity contribution >= 4 is 0 Å². The maximum Gasteiger partial charge on any atom is 0.109 e. The van der Waals surface area contributed by atoms with Crippen molar-refractivity contribution < 1.29 is 9.47 Å². The first kappa shape index (κ1) is 7.76. The van der Waals surface area contributed by atoms with Crippen LogP contribution in [0.5, 0.6) is 0 Å². The molecule has 0 aromatic heterocycles. The third-order valence-electron chi connectivity index (χ3n) is 1.68. The summed E-state index contributed by atoms with van der Waals surface area (Å²) in [6.45, 7) is 9.09. The highest BCUT2D eigenvalue weighted by atomic mass is 16.6. The number of hydrogen-bond acceptors (Lipinski definition) is 2. The van der Waals surface area contributed by atoms with Crippen molar-refractivity contribution in [3.63, 3.8) is 0 Å². The molecule has 0 saturated carbocycles. The number of rotatable bonds is 4. The van der Waals surface area contributed by atoms with Crippen LogP contribution >= 0.6 is 0 Å². The molecule has 10 heavy (non-hydrogen) atoms. The lowest BCUT2D eigenvalue weighted by atomic mass is 10.1. The summed E-state index contributed by atoms with van der Waals surface area (Å²) < 4.78 is 10.6. The largest absolute Gasteiger partial charge is 0.370 e. The highest BCUT2D eigenvalue weighted by Gasteiger charge is 2.40. The highest BCUT2D eigenvalue weighted by molar-refractivity contribution is 4.89. The van der Waals surface area contributed by atoms with Crippen molar-refractivity contribution in [2.45, 2.75) is 25.6 Å². The van der Waals surface area contributed by atoms with Crippen LogP contribution in [0.2, 0.25) is 0 Å². The molecular formula is C8H14O2. The van der Waals surface area contributed by atoms with E-state index in [-0.39, 0.29) is 5.60 Å². The predicted molar refractivity (Wildman–Crippen MR) is 40.0 cm³/mol. The fraction of sp³-hybridized carbons (Fsp3) is 0.750. The molecule has 1 unspecified atom stereocenters. The second-order valence-electron chi connectivity index (χ2n) is 3.03. The predicted octanol–water partition coefficient (Wildman–Crippen LogP) is 1.37. The minimum Gasteiger partial charge on any atom is -0.370 e. The van der Waals surface area contributed by atoms with Crippen LogP contribution in [-0.2, 0) is 9.47 Å². The molecule has 1 fully saturated rings. The van der Waals surface area contributed by atoms with Crippen molar-refractivity contribution in [1.82, 2.24) is 0 Å². The molecule has 0 aliphatic carbocycles. The fourth-order valence-electron chi connectivity index (χ4n) is 0.816. The minimum atomic E-state index is -0.131. The number of hydrogen-bond donors (Lipinski definition) is 0. The summed E-state index contributed by atoms with van der Waals surface area (Å²) >= 11 is 0. The van der Waals surface area contributed by atoms with Gasteiger partial charge in [0.1, 0.15) is 6.10 Å². The molecule has 1 rings (SSSR count). The third kappa shape index (κ3) is 1.82. The maximum absolute atomic E-state index is 5.46. The van der Waals surface area contributed by atoms with E-state index in [1.807, 2.05) is 13.8 Å². The maximum atomic E-state index is 5.46. The second kappa shape index (κ2) is 2.72. The summed E-state index contributed by atoms with van der Waals surface area (Å²) in [6.07, 6.45) is 2.05. The molecule has 0 N–H and O–H groups in total. The Morgan fingerprint density at radius 1 is 1.80 bits per heavy atom. The Labute approximate surface area is 61.8 Å². The molecule has 1 aliphatic rings. The van der Waals surface area contributed by atoms with E-state index in [4.69, 9.17) is 9.47 Å². The lowest BCUT2D eigenvalue weighted by Gasteiger charge is -2.21. The van der Waals surface area contributed by atoms with Gasteiger partial charge in [-0.25, -0.2) is 0 Å². The molecule has 2 heteroatoms. The number of epoxide rings is 1. The van der Waals surface area contributed by atoms with Crippen molar-refractivity contribution in [2.24, 2.45) is 0 Å². The molecule has 0 aromatic carbocycles. The Kier molecular flexibility index (Phi) is 2.11. The van der Waals surface area contributed by atoms with Gasteiger partial charge in [-0.2, -0.15) is 0 Å². The van der Waals surface area contributed by atoms with E-state index in [1.165, 1.54) is 0 Å². The van der Waals surface area contributed by atoms with Gasteiger partial charge in [-0.1, -0.05) is 6.08 Å². The molecule has 0 spiro atoms. The van der Waals surface area contributed by atoms with Crippen LogP contribution in [0.3, 0.4) is 0 Å². The molecule has 1 heterocycles. The Morgan fingerprint density at radius 3 is 2.80 bits per heavy atom. The van der Waals surface area contributed by atoms with Gasteiger partial charge in [-0.05, 0) is 13.8 Å². The van der Waals surface area contributed by atoms with Gasteiger partial charge in [0, 0.05) is 0 Å². The summed E-state index contributed by atoms with van der Waals surface area (Å²) in [7, 11) is 0. The van der Waals surface area contributed by atoms with Crippen LogP contribution < -0.4 is 0 Å². The van der Waals surface area contributed by atoms with Crippen molar-refractivity contribution in [2.75, 3.05) is 13.2 Å². The van der Waals surface area contributed by atoms with E-state index < -0.39 is 0 Å². The van der Waals surface area contributed by atoms with Gasteiger partial charge in [0.25, 0.3) is 0 Å². The smallest absolute Gasteiger partial charge is 0.109 e. The van der Waals surface area contributed by atoms with E-state index in [0.29, 0.717) is 12.7 Å². The van der Waals surface area contributed by atoms with Crippen LogP contribution in [0.1, 0.15) is 13.8 Å². The number of ether oxygens (including phenoxy) is 2. The van der Waals surface area contributed by atoms with Crippen LogP contribution in [-0.4, -0.2) is 24.9 Å². The SMILES string of the molecule is C=CCOC(C)(C)C1CO1. The molecule has 2 nitrogen and oxygen atoms in total. The average molecular weight is 142 g/mol. The van der Waals surface area contributed by atoms with Gasteiger partial charge in [0.15, 0.2) is 0 Å². The van der Waals surface area contributed by atoms with Gasteiger partial charge < -0.3 is 9.47 Å². The Bertz CT molecular complexity index is 125. The lowest BCUT2D eigenvalue weighted by molar-refractivity contribution is -0.0214. The monoisotopic (exact) mass is 142 g/mol. The molecular weight excluding hydrogens is 128 g/mol. The topological polar surface area (TPSA) is 21.8 Å². The van der Waals surface area contributed by atoms with Crippen LogP contribution in [0.15, 0.2) is 12.7 Å². The highest BCUT2D eigenvalue weighted by Crippen LogP contribution is 2.26. The van der Waals surface area contributed by atoms with Crippen molar-refractivity contribution in [3.05, 3.63) is 12.7 Å². The molecule has 0 radical (unpaired) electrons. The zero-order valence-corrected chi connectivity index (χ0v) is 6.59.